The number of amides is 1. The number of hydrogen-bond acceptors (Lipinski definition) is 7. The lowest BCUT2D eigenvalue weighted by molar-refractivity contribution is 0.0947. The Morgan fingerprint density at radius 3 is 2.46 bits per heavy atom. The van der Waals surface area contributed by atoms with Crippen LogP contribution in [-0.2, 0) is 6.54 Å². The van der Waals surface area contributed by atoms with E-state index in [0.29, 0.717) is 23.4 Å². The molecule has 1 aliphatic heterocycles. The number of phenolic OH excluding ortho intramolecular Hbond substituents is 1. The highest BCUT2D eigenvalue weighted by Crippen LogP contribution is 2.40. The molecule has 0 saturated carbocycles. The molecule has 1 saturated heterocycles. The van der Waals surface area contributed by atoms with Crippen LogP contribution in [0.4, 0.5) is 0 Å². The van der Waals surface area contributed by atoms with E-state index in [1.807, 2.05) is 31.2 Å². The number of benzene rings is 2. The average Bonchev–Trinajstić information content (AvgIpc) is 3.32. The molecule has 0 radical (unpaired) electrons. The number of hydrogen-bond donors (Lipinski definition) is 4. The first kappa shape index (κ1) is 26.4. The maximum absolute atomic E-state index is 12.8. The third kappa shape index (κ3) is 6.28. The first-order chi connectivity index (χ1) is 17.0. The number of rotatable bonds is 7. The van der Waals surface area contributed by atoms with E-state index < -0.39 is 0 Å². The number of carbonyl (C=O) groups excluding carboxylic acids is 1. The van der Waals surface area contributed by atoms with Crippen molar-refractivity contribution in [1.29, 1.82) is 0 Å². The number of piperazine rings is 1. The van der Waals surface area contributed by atoms with Gasteiger partial charge in [0.2, 0.25) is 0 Å². The summed E-state index contributed by atoms with van der Waals surface area (Å²) in [7, 11) is 1.00. The molecule has 1 amide bonds. The van der Waals surface area contributed by atoms with Crippen molar-refractivity contribution in [1.82, 2.24) is 20.7 Å². The van der Waals surface area contributed by atoms with Crippen molar-refractivity contribution in [3.63, 3.8) is 0 Å². The molecule has 1 aromatic heterocycles. The minimum Gasteiger partial charge on any atom is -0.507 e. The van der Waals surface area contributed by atoms with Gasteiger partial charge in [-0.2, -0.15) is 0 Å². The topological polar surface area (TPSA) is 111 Å². The molecule has 8 heteroatoms. The molecule has 3 aromatic rings. The minimum atomic E-state index is -0.299. The first-order valence-corrected chi connectivity index (χ1v) is 12.1. The van der Waals surface area contributed by atoms with Crippen molar-refractivity contribution in [2.75, 3.05) is 39.8 Å². The van der Waals surface area contributed by atoms with E-state index in [1.54, 1.807) is 6.07 Å². The van der Waals surface area contributed by atoms with Crippen LogP contribution in [0.2, 0.25) is 0 Å². The van der Waals surface area contributed by atoms with Crippen molar-refractivity contribution in [2.45, 2.75) is 33.2 Å². The Morgan fingerprint density at radius 1 is 1.14 bits per heavy atom. The molecule has 8 nitrogen and oxygen atoms in total. The maximum atomic E-state index is 12.8. The molecule has 0 spiro atoms. The zero-order chi connectivity index (χ0) is 25.4. The number of aromatic nitrogens is 1. The summed E-state index contributed by atoms with van der Waals surface area (Å²) < 4.78 is 5.69. The van der Waals surface area contributed by atoms with Crippen LogP contribution >= 0.6 is 0 Å². The van der Waals surface area contributed by atoms with Gasteiger partial charge in [-0.05, 0) is 41.7 Å². The maximum Gasteiger partial charge on any atom is 0.274 e. The highest BCUT2D eigenvalue weighted by Gasteiger charge is 2.26. The minimum absolute atomic E-state index is 0.0922. The predicted molar refractivity (Wildman–Crippen MR) is 137 cm³/mol. The molecule has 0 atom stereocenters. The van der Waals surface area contributed by atoms with Crippen molar-refractivity contribution < 1.29 is 19.5 Å². The highest BCUT2D eigenvalue weighted by molar-refractivity contribution is 6.02. The SMILES string of the molecule is CCNC(=O)c1noc(-c2cc(C(C)C)ccc2O)c1-c1ccc(CN2CCNCC2)cc1.CO. The molecule has 4 N–H and O–H groups in total. The van der Waals surface area contributed by atoms with Gasteiger partial charge in [0.15, 0.2) is 11.5 Å². The van der Waals surface area contributed by atoms with E-state index in [1.165, 1.54) is 5.56 Å². The lowest BCUT2D eigenvalue weighted by Crippen LogP contribution is -2.42. The fourth-order valence-electron chi connectivity index (χ4n) is 4.14. The Morgan fingerprint density at radius 2 is 1.83 bits per heavy atom. The molecule has 1 fully saturated rings. The summed E-state index contributed by atoms with van der Waals surface area (Å²) >= 11 is 0. The molecule has 0 unspecified atom stereocenters. The fourth-order valence-corrected chi connectivity index (χ4v) is 4.14. The van der Waals surface area contributed by atoms with E-state index in [9.17, 15) is 9.90 Å². The number of aliphatic hydroxyl groups is 1. The van der Waals surface area contributed by atoms with Crippen molar-refractivity contribution in [3.05, 3.63) is 59.3 Å². The summed E-state index contributed by atoms with van der Waals surface area (Å²) in [6.07, 6.45) is 0. The number of nitrogens with one attached hydrogen (secondary N) is 2. The van der Waals surface area contributed by atoms with Crippen molar-refractivity contribution in [3.8, 4) is 28.2 Å². The highest BCUT2D eigenvalue weighted by atomic mass is 16.5. The Balaban J connectivity index is 0.00000167. The van der Waals surface area contributed by atoms with Gasteiger partial charge in [0, 0.05) is 46.4 Å². The molecule has 0 aliphatic carbocycles. The van der Waals surface area contributed by atoms with Gasteiger partial charge in [-0.25, -0.2) is 0 Å². The first-order valence-electron chi connectivity index (χ1n) is 12.1. The number of carbonyl (C=O) groups is 1. The van der Waals surface area contributed by atoms with Gasteiger partial charge in [-0.1, -0.05) is 49.3 Å². The van der Waals surface area contributed by atoms with Crippen LogP contribution in [0.15, 0.2) is 47.0 Å². The third-order valence-electron chi connectivity index (χ3n) is 6.03. The van der Waals surface area contributed by atoms with Gasteiger partial charge in [0.25, 0.3) is 5.91 Å². The second-order valence-corrected chi connectivity index (χ2v) is 8.75. The fraction of sp³-hybridized carbons (Fsp3) is 0.407. The monoisotopic (exact) mass is 480 g/mol. The number of nitrogens with zero attached hydrogens (tertiary/aromatic N) is 2. The van der Waals surface area contributed by atoms with Crippen LogP contribution in [-0.4, -0.2) is 66.0 Å². The quantitative estimate of drug-likeness (QED) is 0.409. The molecule has 0 bridgehead atoms. The summed E-state index contributed by atoms with van der Waals surface area (Å²) in [5, 5.41) is 27.9. The smallest absolute Gasteiger partial charge is 0.274 e. The lowest BCUT2D eigenvalue weighted by Gasteiger charge is -2.27. The summed E-state index contributed by atoms with van der Waals surface area (Å²) in [6, 6.07) is 13.6. The number of aliphatic hydroxyl groups excluding tert-OH is 1. The molecule has 2 aromatic carbocycles. The molecular formula is C27H36N4O4. The van der Waals surface area contributed by atoms with Crippen LogP contribution < -0.4 is 10.6 Å². The largest absolute Gasteiger partial charge is 0.507 e. The third-order valence-corrected chi connectivity index (χ3v) is 6.03. The Hall–Kier alpha value is -3.20. The second-order valence-electron chi connectivity index (χ2n) is 8.75. The summed E-state index contributed by atoms with van der Waals surface area (Å²) in [6.45, 7) is 11.5. The Kier molecular flexibility index (Phi) is 9.42. The van der Waals surface area contributed by atoms with Gasteiger partial charge >= 0.3 is 0 Å². The number of phenols is 1. The molecule has 4 rings (SSSR count). The van der Waals surface area contributed by atoms with Gasteiger partial charge in [0.05, 0.1) is 11.1 Å². The van der Waals surface area contributed by atoms with E-state index >= 15 is 0 Å². The van der Waals surface area contributed by atoms with Crippen LogP contribution in [0, 0.1) is 0 Å². The van der Waals surface area contributed by atoms with Crippen LogP contribution in [0.1, 0.15) is 48.3 Å². The average molecular weight is 481 g/mol. The van der Waals surface area contributed by atoms with Gasteiger partial charge < -0.3 is 25.4 Å². The zero-order valence-electron chi connectivity index (χ0n) is 21.0. The Bertz CT molecular complexity index is 1100. The molecular weight excluding hydrogens is 444 g/mol. The second kappa shape index (κ2) is 12.5. The van der Waals surface area contributed by atoms with Crippen LogP contribution in [0.5, 0.6) is 5.75 Å². The van der Waals surface area contributed by atoms with Gasteiger partial charge in [-0.15, -0.1) is 0 Å². The molecule has 188 valence electrons. The van der Waals surface area contributed by atoms with Gasteiger partial charge in [-0.3, -0.25) is 9.69 Å². The van der Waals surface area contributed by atoms with E-state index in [4.69, 9.17) is 9.63 Å². The normalized spacial score (nSPS) is 13.9. The van der Waals surface area contributed by atoms with Crippen molar-refractivity contribution >= 4 is 5.91 Å². The summed E-state index contributed by atoms with van der Waals surface area (Å²) in [5.74, 6) is 0.468. The predicted octanol–water partition coefficient (Wildman–Crippen LogP) is 3.60. The lowest BCUT2D eigenvalue weighted by atomic mass is 9.94. The van der Waals surface area contributed by atoms with E-state index in [0.717, 1.165) is 51.0 Å². The van der Waals surface area contributed by atoms with Crippen LogP contribution in [0.3, 0.4) is 0 Å². The van der Waals surface area contributed by atoms with E-state index in [-0.39, 0.29) is 23.3 Å². The summed E-state index contributed by atoms with van der Waals surface area (Å²) in [5.41, 5.74) is 4.44. The van der Waals surface area contributed by atoms with Crippen molar-refractivity contribution in [2.24, 2.45) is 0 Å². The van der Waals surface area contributed by atoms with E-state index in [2.05, 4.69) is 46.7 Å². The zero-order valence-corrected chi connectivity index (χ0v) is 21.0. The van der Waals surface area contributed by atoms with Gasteiger partial charge in [0.1, 0.15) is 5.75 Å². The molecule has 1 aliphatic rings. The Labute approximate surface area is 206 Å². The molecule has 35 heavy (non-hydrogen) atoms. The summed E-state index contributed by atoms with van der Waals surface area (Å²) in [4.78, 5) is 15.2. The molecule has 2 heterocycles. The number of aromatic hydroxyl groups is 1. The standard InChI is InChI=1S/C26H32N4O3.CH4O/c1-4-28-26(32)24-23(19-7-5-18(6-8-19)16-30-13-11-27-12-14-30)25(33-29-24)21-15-20(17(2)3)9-10-22(21)31;1-2/h5-10,15,17,27,31H,4,11-14,16H2,1-3H3,(H,28,32);2H,1H3. The van der Waals surface area contributed by atoms with Crippen LogP contribution in [0.25, 0.3) is 22.5 Å².